The van der Waals surface area contributed by atoms with Gasteiger partial charge in [0.25, 0.3) is 0 Å². The zero-order chi connectivity index (χ0) is 11.2. The first kappa shape index (κ1) is 10.5. The molecule has 0 spiro atoms. The van der Waals surface area contributed by atoms with E-state index in [0.29, 0.717) is 18.1 Å². The number of morpholine rings is 1. The standard InChI is InChI=1S/C12H19N3O/c13-7-12(14,9-1-2-9)8-15-5-10-3-4-11(6-15)16-10/h9-11H,1-6,8,14H2. The highest BCUT2D eigenvalue weighted by atomic mass is 16.5. The van der Waals surface area contributed by atoms with E-state index in [4.69, 9.17) is 10.5 Å². The van der Waals surface area contributed by atoms with E-state index in [9.17, 15) is 5.26 Å². The summed E-state index contributed by atoms with van der Waals surface area (Å²) < 4.78 is 5.79. The summed E-state index contributed by atoms with van der Waals surface area (Å²) >= 11 is 0. The zero-order valence-corrected chi connectivity index (χ0v) is 9.56. The first-order valence-corrected chi connectivity index (χ1v) is 6.27. The molecule has 4 nitrogen and oxygen atoms in total. The lowest BCUT2D eigenvalue weighted by atomic mass is 9.95. The quantitative estimate of drug-likeness (QED) is 0.753. The second-order valence-electron chi connectivity index (χ2n) is 5.58. The normalized spacial score (nSPS) is 38.0. The number of nitriles is 1. The van der Waals surface area contributed by atoms with Crippen molar-refractivity contribution < 1.29 is 4.74 Å². The molecule has 1 saturated carbocycles. The van der Waals surface area contributed by atoms with E-state index in [-0.39, 0.29) is 0 Å². The van der Waals surface area contributed by atoms with Crippen LogP contribution in [-0.4, -0.2) is 42.3 Å². The van der Waals surface area contributed by atoms with Crippen LogP contribution in [0.5, 0.6) is 0 Å². The Morgan fingerprint density at radius 3 is 2.38 bits per heavy atom. The van der Waals surface area contributed by atoms with Crippen LogP contribution in [0.1, 0.15) is 25.7 Å². The van der Waals surface area contributed by atoms with Crippen molar-refractivity contribution in [3.63, 3.8) is 0 Å². The molecule has 2 bridgehead atoms. The molecule has 2 heterocycles. The molecular weight excluding hydrogens is 202 g/mol. The minimum Gasteiger partial charge on any atom is -0.372 e. The van der Waals surface area contributed by atoms with Crippen molar-refractivity contribution in [3.8, 4) is 6.07 Å². The molecule has 2 aliphatic heterocycles. The lowest BCUT2D eigenvalue weighted by Gasteiger charge is -2.36. The molecule has 0 amide bonds. The molecule has 0 aromatic heterocycles. The zero-order valence-electron chi connectivity index (χ0n) is 9.56. The first-order valence-electron chi connectivity index (χ1n) is 6.27. The fourth-order valence-corrected chi connectivity index (χ4v) is 3.05. The van der Waals surface area contributed by atoms with Crippen molar-refractivity contribution in [2.24, 2.45) is 11.7 Å². The molecule has 0 aromatic rings. The van der Waals surface area contributed by atoms with Crippen molar-refractivity contribution in [1.29, 1.82) is 5.26 Å². The molecule has 4 heteroatoms. The molecule has 3 fully saturated rings. The number of hydrogen-bond donors (Lipinski definition) is 1. The van der Waals surface area contributed by atoms with E-state index >= 15 is 0 Å². The van der Waals surface area contributed by atoms with Crippen molar-refractivity contribution >= 4 is 0 Å². The van der Waals surface area contributed by atoms with E-state index in [1.165, 1.54) is 12.8 Å². The van der Waals surface area contributed by atoms with Crippen LogP contribution < -0.4 is 5.73 Å². The average molecular weight is 221 g/mol. The number of fused-ring (bicyclic) bond motifs is 2. The molecule has 0 radical (unpaired) electrons. The maximum Gasteiger partial charge on any atom is 0.119 e. The van der Waals surface area contributed by atoms with Gasteiger partial charge in [-0.25, -0.2) is 0 Å². The van der Waals surface area contributed by atoms with Crippen LogP contribution in [0.2, 0.25) is 0 Å². The summed E-state index contributed by atoms with van der Waals surface area (Å²) in [4.78, 5) is 2.34. The Balaban J connectivity index is 1.64. The number of nitrogens with two attached hydrogens (primary N) is 1. The van der Waals surface area contributed by atoms with Gasteiger partial charge < -0.3 is 10.5 Å². The van der Waals surface area contributed by atoms with Gasteiger partial charge in [-0.1, -0.05) is 0 Å². The van der Waals surface area contributed by atoms with E-state index in [1.54, 1.807) is 0 Å². The third-order valence-corrected chi connectivity index (χ3v) is 4.12. The second-order valence-corrected chi connectivity index (χ2v) is 5.58. The number of hydrogen-bond acceptors (Lipinski definition) is 4. The molecule has 1 aliphatic carbocycles. The summed E-state index contributed by atoms with van der Waals surface area (Å²) in [7, 11) is 0. The highest BCUT2D eigenvalue weighted by Gasteiger charge is 2.45. The maximum absolute atomic E-state index is 9.24. The van der Waals surface area contributed by atoms with Crippen LogP contribution in [0.15, 0.2) is 0 Å². The molecule has 0 aromatic carbocycles. The van der Waals surface area contributed by atoms with E-state index in [2.05, 4.69) is 11.0 Å². The molecule has 2 N–H and O–H groups in total. The van der Waals surface area contributed by atoms with Crippen LogP contribution in [0.4, 0.5) is 0 Å². The highest BCUT2D eigenvalue weighted by molar-refractivity contribution is 5.15. The Labute approximate surface area is 96.3 Å². The summed E-state index contributed by atoms with van der Waals surface area (Å²) in [5.41, 5.74) is 5.59. The van der Waals surface area contributed by atoms with Gasteiger partial charge in [0.15, 0.2) is 0 Å². The third-order valence-electron chi connectivity index (χ3n) is 4.12. The lowest BCUT2D eigenvalue weighted by molar-refractivity contribution is -0.0427. The molecule has 2 saturated heterocycles. The van der Waals surface area contributed by atoms with Gasteiger partial charge >= 0.3 is 0 Å². The van der Waals surface area contributed by atoms with E-state index in [1.807, 2.05) is 0 Å². The van der Waals surface area contributed by atoms with Gasteiger partial charge in [-0.3, -0.25) is 4.90 Å². The van der Waals surface area contributed by atoms with Crippen molar-refractivity contribution in [2.75, 3.05) is 19.6 Å². The number of nitrogens with zero attached hydrogens (tertiary/aromatic N) is 2. The largest absolute Gasteiger partial charge is 0.372 e. The molecule has 3 unspecified atom stereocenters. The van der Waals surface area contributed by atoms with Crippen LogP contribution in [0.25, 0.3) is 0 Å². The summed E-state index contributed by atoms with van der Waals surface area (Å²) in [6, 6.07) is 2.33. The number of rotatable bonds is 3. The fraction of sp³-hybridized carbons (Fsp3) is 0.917. The van der Waals surface area contributed by atoms with Crippen molar-refractivity contribution in [3.05, 3.63) is 0 Å². The summed E-state index contributed by atoms with van der Waals surface area (Å²) in [6.07, 6.45) is 5.38. The Morgan fingerprint density at radius 1 is 1.25 bits per heavy atom. The Hall–Kier alpha value is -0.630. The predicted octanol–water partition coefficient (Wildman–Crippen LogP) is 0.481. The second kappa shape index (κ2) is 3.69. The minimum atomic E-state index is -0.614. The summed E-state index contributed by atoms with van der Waals surface area (Å²) in [6.45, 7) is 2.65. The average Bonchev–Trinajstić information content (AvgIpc) is 3.06. The fourth-order valence-electron chi connectivity index (χ4n) is 3.05. The lowest BCUT2D eigenvalue weighted by Crippen LogP contribution is -2.55. The molecule has 3 atom stereocenters. The Kier molecular flexibility index (Phi) is 2.43. The number of ether oxygens (including phenoxy) is 1. The van der Waals surface area contributed by atoms with Gasteiger partial charge in [0.1, 0.15) is 5.54 Å². The Morgan fingerprint density at radius 2 is 1.88 bits per heavy atom. The molecule has 88 valence electrons. The van der Waals surface area contributed by atoms with Gasteiger partial charge in [0, 0.05) is 19.6 Å². The monoisotopic (exact) mass is 221 g/mol. The topological polar surface area (TPSA) is 62.3 Å². The molecule has 3 rings (SSSR count). The number of likely N-dealkylation sites (tertiary alicyclic amines) is 1. The maximum atomic E-state index is 9.24. The predicted molar refractivity (Wildman–Crippen MR) is 59.6 cm³/mol. The summed E-state index contributed by atoms with van der Waals surface area (Å²) in [5.74, 6) is 0.429. The molecule has 16 heavy (non-hydrogen) atoms. The van der Waals surface area contributed by atoms with E-state index in [0.717, 1.165) is 32.5 Å². The van der Waals surface area contributed by atoms with Gasteiger partial charge in [0.2, 0.25) is 0 Å². The van der Waals surface area contributed by atoms with Crippen LogP contribution in [0.3, 0.4) is 0 Å². The minimum absolute atomic E-state index is 0.390. The van der Waals surface area contributed by atoms with Crippen molar-refractivity contribution in [1.82, 2.24) is 4.90 Å². The van der Waals surface area contributed by atoms with Gasteiger partial charge in [-0.05, 0) is 31.6 Å². The molecule has 3 aliphatic rings. The SMILES string of the molecule is N#CC(N)(CN1CC2CCC(C1)O2)C1CC1. The van der Waals surface area contributed by atoms with E-state index < -0.39 is 5.54 Å². The Bertz CT molecular complexity index is 311. The highest BCUT2D eigenvalue weighted by Crippen LogP contribution is 2.39. The molecular formula is C12H19N3O. The van der Waals surface area contributed by atoms with Gasteiger partial charge in [-0.15, -0.1) is 0 Å². The smallest absolute Gasteiger partial charge is 0.119 e. The van der Waals surface area contributed by atoms with Gasteiger partial charge in [-0.2, -0.15) is 5.26 Å². The van der Waals surface area contributed by atoms with Crippen molar-refractivity contribution in [2.45, 2.75) is 43.4 Å². The van der Waals surface area contributed by atoms with Crippen LogP contribution in [0, 0.1) is 17.2 Å². The van der Waals surface area contributed by atoms with Crippen LogP contribution in [-0.2, 0) is 4.74 Å². The third kappa shape index (κ3) is 1.84. The summed E-state index contributed by atoms with van der Waals surface area (Å²) in [5, 5.41) is 9.24. The van der Waals surface area contributed by atoms with Gasteiger partial charge in [0.05, 0.1) is 18.3 Å². The van der Waals surface area contributed by atoms with Crippen LogP contribution >= 0.6 is 0 Å². The first-order chi connectivity index (χ1) is 7.69.